The molecule has 17 heavy (non-hydrogen) atoms. The summed E-state index contributed by atoms with van der Waals surface area (Å²) in [6.07, 6.45) is 11.6. The largest absolute Gasteiger partial charge is 0.463 e. The average Bonchev–Trinajstić information content (AvgIpc) is 2.32. The lowest BCUT2D eigenvalue weighted by Gasteiger charge is -1.96. The second kappa shape index (κ2) is 12.8. The van der Waals surface area contributed by atoms with Gasteiger partial charge in [0.25, 0.3) is 0 Å². The summed E-state index contributed by atoms with van der Waals surface area (Å²) < 4.78 is 4.73. The van der Waals surface area contributed by atoms with Crippen LogP contribution >= 0.6 is 0 Å². The summed E-state index contributed by atoms with van der Waals surface area (Å²) in [4.78, 5) is 10.9. The van der Waals surface area contributed by atoms with Gasteiger partial charge in [-0.1, -0.05) is 50.9 Å². The van der Waals surface area contributed by atoms with Gasteiger partial charge >= 0.3 is 5.97 Å². The van der Waals surface area contributed by atoms with Crippen LogP contribution < -0.4 is 0 Å². The molecular weight excluding hydrogens is 212 g/mol. The predicted octanol–water partition coefficient (Wildman–Crippen LogP) is 3.86. The molecule has 0 atom stereocenters. The summed E-state index contributed by atoms with van der Waals surface area (Å²) in [5.41, 5.74) is 0. The minimum absolute atomic E-state index is 0.318. The average molecular weight is 236 g/mol. The Kier molecular flexibility index (Phi) is 11.9. The minimum atomic E-state index is -0.318. The normalized spacial score (nSPS) is 10.0. The lowest BCUT2D eigenvalue weighted by atomic mass is 10.1. The third-order valence-corrected chi connectivity index (χ3v) is 2.35. The molecule has 0 aromatic carbocycles. The summed E-state index contributed by atoms with van der Waals surface area (Å²) in [6.45, 7) is 4.42. The molecule has 2 nitrogen and oxygen atoms in total. The highest BCUT2D eigenvalue weighted by Gasteiger charge is 1.90. The van der Waals surface area contributed by atoms with Crippen molar-refractivity contribution in [2.45, 2.75) is 58.8 Å². The fourth-order valence-corrected chi connectivity index (χ4v) is 1.42. The molecule has 0 N–H and O–H groups in total. The summed E-state index contributed by atoms with van der Waals surface area (Å²) in [6, 6.07) is 0. The van der Waals surface area contributed by atoms with Crippen molar-refractivity contribution in [3.05, 3.63) is 12.2 Å². The first-order chi connectivity index (χ1) is 8.31. The Balaban J connectivity index is 3.39. The number of esters is 1. The number of carbonyl (C=O) groups is 1. The van der Waals surface area contributed by atoms with Crippen LogP contribution in [0.25, 0.3) is 0 Å². The molecule has 0 bridgehead atoms. The van der Waals surface area contributed by atoms with Crippen molar-refractivity contribution >= 4 is 5.97 Å². The zero-order chi connectivity index (χ0) is 12.8. The van der Waals surface area contributed by atoms with Gasteiger partial charge in [0.05, 0.1) is 6.61 Å². The summed E-state index contributed by atoms with van der Waals surface area (Å²) in [5.74, 6) is 5.56. The maximum absolute atomic E-state index is 10.9. The van der Waals surface area contributed by atoms with Crippen molar-refractivity contribution in [1.29, 1.82) is 0 Å². The van der Waals surface area contributed by atoms with Gasteiger partial charge in [-0.25, -0.2) is 4.79 Å². The van der Waals surface area contributed by atoms with Gasteiger partial charge in [0.1, 0.15) is 0 Å². The molecule has 96 valence electrons. The fourth-order valence-electron chi connectivity index (χ4n) is 1.42. The van der Waals surface area contributed by atoms with E-state index in [0.29, 0.717) is 6.61 Å². The lowest BCUT2D eigenvalue weighted by molar-refractivity contribution is -0.137. The molecular formula is C15H24O2. The highest BCUT2D eigenvalue weighted by molar-refractivity contribution is 5.82. The van der Waals surface area contributed by atoms with E-state index >= 15 is 0 Å². The summed E-state index contributed by atoms with van der Waals surface area (Å²) in [7, 11) is 0. The third kappa shape index (κ3) is 12.7. The maximum atomic E-state index is 10.9. The van der Waals surface area contributed by atoms with E-state index in [1.807, 2.05) is 0 Å². The van der Waals surface area contributed by atoms with Crippen molar-refractivity contribution in [3.8, 4) is 11.8 Å². The second-order valence-electron chi connectivity index (χ2n) is 3.92. The Bertz CT molecular complexity index is 268. The second-order valence-corrected chi connectivity index (χ2v) is 3.92. The van der Waals surface area contributed by atoms with Crippen LogP contribution in [-0.2, 0) is 9.53 Å². The smallest absolute Gasteiger partial charge is 0.331 e. The molecule has 0 saturated carbocycles. The van der Waals surface area contributed by atoms with Gasteiger partial charge in [0.15, 0.2) is 0 Å². The number of allylic oxidation sites excluding steroid dienone is 1. The van der Waals surface area contributed by atoms with Crippen LogP contribution in [-0.4, -0.2) is 12.6 Å². The van der Waals surface area contributed by atoms with Crippen molar-refractivity contribution in [1.82, 2.24) is 0 Å². The van der Waals surface area contributed by atoms with Gasteiger partial charge in [-0.05, 0) is 19.4 Å². The molecule has 0 radical (unpaired) electrons. The zero-order valence-corrected chi connectivity index (χ0v) is 11.1. The Morgan fingerprint density at radius 3 is 2.53 bits per heavy atom. The molecule has 0 aromatic heterocycles. The van der Waals surface area contributed by atoms with Gasteiger partial charge in [-0.3, -0.25) is 0 Å². The van der Waals surface area contributed by atoms with E-state index in [9.17, 15) is 4.79 Å². The first-order valence-electron chi connectivity index (χ1n) is 6.63. The van der Waals surface area contributed by atoms with E-state index in [1.165, 1.54) is 38.2 Å². The minimum Gasteiger partial charge on any atom is -0.463 e. The Morgan fingerprint density at radius 2 is 1.82 bits per heavy atom. The third-order valence-electron chi connectivity index (χ3n) is 2.35. The lowest BCUT2D eigenvalue weighted by Crippen LogP contribution is -1.98. The van der Waals surface area contributed by atoms with Gasteiger partial charge in [-0.15, -0.1) is 0 Å². The number of hydrogen-bond donors (Lipinski definition) is 0. The van der Waals surface area contributed by atoms with E-state index in [1.54, 1.807) is 13.0 Å². The van der Waals surface area contributed by atoms with Crippen molar-refractivity contribution in [2.24, 2.45) is 0 Å². The fraction of sp³-hybridized carbons (Fsp3) is 0.667. The number of unbranched alkanes of at least 4 members (excludes halogenated alkanes) is 6. The van der Waals surface area contributed by atoms with E-state index < -0.39 is 0 Å². The Labute approximate surface area is 105 Å². The van der Waals surface area contributed by atoms with Gasteiger partial charge in [0, 0.05) is 12.5 Å². The SMILES string of the molecule is CCCCCCCCC#C/C=C/C(=O)OCC. The molecule has 0 aliphatic rings. The molecule has 0 fully saturated rings. The first kappa shape index (κ1) is 15.8. The van der Waals surface area contributed by atoms with E-state index in [-0.39, 0.29) is 5.97 Å². The molecule has 2 heteroatoms. The summed E-state index contributed by atoms with van der Waals surface area (Å²) >= 11 is 0. The Hall–Kier alpha value is -1.23. The molecule has 0 aliphatic heterocycles. The molecule has 0 rings (SSSR count). The predicted molar refractivity (Wildman–Crippen MR) is 71.5 cm³/mol. The van der Waals surface area contributed by atoms with Gasteiger partial charge in [-0.2, -0.15) is 0 Å². The van der Waals surface area contributed by atoms with Gasteiger partial charge < -0.3 is 4.74 Å². The van der Waals surface area contributed by atoms with E-state index in [2.05, 4.69) is 18.8 Å². The number of rotatable bonds is 8. The quantitative estimate of drug-likeness (QED) is 0.277. The van der Waals surface area contributed by atoms with Crippen LogP contribution in [0, 0.1) is 11.8 Å². The monoisotopic (exact) mass is 236 g/mol. The van der Waals surface area contributed by atoms with Crippen molar-refractivity contribution in [2.75, 3.05) is 6.61 Å². The maximum Gasteiger partial charge on any atom is 0.331 e. The van der Waals surface area contributed by atoms with Crippen LogP contribution in [0.5, 0.6) is 0 Å². The molecule has 0 aromatic rings. The standard InChI is InChI=1S/C15H24O2/c1-3-5-6-7-8-9-10-11-12-13-14-15(16)17-4-2/h13-14H,3-10H2,1-2H3/b14-13+. The highest BCUT2D eigenvalue weighted by atomic mass is 16.5. The van der Waals surface area contributed by atoms with Crippen LogP contribution in [0.1, 0.15) is 58.8 Å². The number of hydrogen-bond acceptors (Lipinski definition) is 2. The van der Waals surface area contributed by atoms with Crippen LogP contribution in [0.3, 0.4) is 0 Å². The number of ether oxygens (including phenoxy) is 1. The van der Waals surface area contributed by atoms with Crippen molar-refractivity contribution in [3.63, 3.8) is 0 Å². The topological polar surface area (TPSA) is 26.3 Å². The molecule has 0 unspecified atom stereocenters. The van der Waals surface area contributed by atoms with E-state index in [4.69, 9.17) is 4.74 Å². The zero-order valence-electron chi connectivity index (χ0n) is 11.1. The molecule has 0 aliphatic carbocycles. The molecule has 0 saturated heterocycles. The highest BCUT2D eigenvalue weighted by Crippen LogP contribution is 2.05. The number of carbonyl (C=O) groups excluding carboxylic acids is 1. The van der Waals surface area contributed by atoms with Crippen LogP contribution in [0.4, 0.5) is 0 Å². The van der Waals surface area contributed by atoms with Crippen LogP contribution in [0.15, 0.2) is 12.2 Å². The molecule has 0 amide bonds. The van der Waals surface area contributed by atoms with Gasteiger partial charge in [0.2, 0.25) is 0 Å². The van der Waals surface area contributed by atoms with Crippen LogP contribution in [0.2, 0.25) is 0 Å². The van der Waals surface area contributed by atoms with Crippen molar-refractivity contribution < 1.29 is 9.53 Å². The molecule has 0 spiro atoms. The first-order valence-corrected chi connectivity index (χ1v) is 6.63. The molecule has 0 heterocycles. The van der Waals surface area contributed by atoms with E-state index in [0.717, 1.165) is 12.8 Å². The summed E-state index contributed by atoms with van der Waals surface area (Å²) in [5, 5.41) is 0. The Morgan fingerprint density at radius 1 is 1.12 bits per heavy atom.